The lowest BCUT2D eigenvalue weighted by molar-refractivity contribution is 0.0804. The molecule has 0 aliphatic heterocycles. The van der Waals surface area contributed by atoms with E-state index in [-0.39, 0.29) is 0 Å². The minimum Gasteiger partial charge on any atom is -0.484 e. The fourth-order valence-electron chi connectivity index (χ4n) is 1.11. The zero-order valence-electron chi connectivity index (χ0n) is 12.0. The van der Waals surface area contributed by atoms with Crippen molar-refractivity contribution in [3.05, 3.63) is 73.1 Å². The summed E-state index contributed by atoms with van der Waals surface area (Å²) in [5.41, 5.74) is 2.31. The van der Waals surface area contributed by atoms with Crippen LogP contribution in [-0.2, 0) is 4.74 Å². The van der Waals surface area contributed by atoms with Gasteiger partial charge in [0.2, 0.25) is 0 Å². The molecule has 0 aromatic heterocycles. The van der Waals surface area contributed by atoms with Crippen molar-refractivity contribution in [3.8, 4) is 0 Å². The molecule has 0 heterocycles. The summed E-state index contributed by atoms with van der Waals surface area (Å²) in [7, 11) is 0. The molecule has 0 radical (unpaired) electrons. The van der Waals surface area contributed by atoms with Crippen molar-refractivity contribution in [2.24, 2.45) is 0 Å². The lowest BCUT2D eigenvalue weighted by Gasteiger charge is -2.27. The summed E-state index contributed by atoms with van der Waals surface area (Å²) in [4.78, 5) is 0. The molecular formula is C17H24O. The van der Waals surface area contributed by atoms with Gasteiger partial charge in [-0.25, -0.2) is 0 Å². The van der Waals surface area contributed by atoms with Gasteiger partial charge in [-0.2, -0.15) is 0 Å². The molecule has 98 valence electrons. The van der Waals surface area contributed by atoms with Gasteiger partial charge in [-0.05, 0) is 39.3 Å². The average Bonchev–Trinajstić information content (AvgIpc) is 2.22. The van der Waals surface area contributed by atoms with Crippen LogP contribution in [0.3, 0.4) is 0 Å². The fourth-order valence-corrected chi connectivity index (χ4v) is 1.11. The zero-order chi connectivity index (χ0) is 14.3. The van der Waals surface area contributed by atoms with E-state index >= 15 is 0 Å². The minimum absolute atomic E-state index is 0.498. The van der Waals surface area contributed by atoms with E-state index in [4.69, 9.17) is 4.74 Å². The summed E-state index contributed by atoms with van der Waals surface area (Å²) in [5, 5.41) is 0. The Morgan fingerprint density at radius 3 is 1.72 bits per heavy atom. The molecule has 1 nitrogen and oxygen atoms in total. The van der Waals surface area contributed by atoms with Gasteiger partial charge in [-0.15, -0.1) is 0 Å². The molecule has 18 heavy (non-hydrogen) atoms. The average molecular weight is 244 g/mol. The summed E-state index contributed by atoms with van der Waals surface area (Å²) >= 11 is 0. The highest BCUT2D eigenvalue weighted by Gasteiger charge is 2.21. The number of hydrogen-bond donors (Lipinski definition) is 0. The molecule has 0 unspecified atom stereocenters. The summed E-state index contributed by atoms with van der Waals surface area (Å²) in [6, 6.07) is 0. The van der Waals surface area contributed by atoms with Crippen molar-refractivity contribution in [2.75, 3.05) is 0 Å². The second-order valence-corrected chi connectivity index (χ2v) is 4.96. The highest BCUT2D eigenvalue weighted by Crippen LogP contribution is 2.24. The van der Waals surface area contributed by atoms with Crippen LogP contribution >= 0.6 is 0 Å². The molecule has 0 spiro atoms. The Balaban J connectivity index is 4.65. The molecule has 0 saturated carbocycles. The SMILES string of the molecule is C=C(C)/C=C\C(=C)OC(C)(C)C(=C)/C=C\C(=C)C. The minimum atomic E-state index is -0.498. The van der Waals surface area contributed by atoms with E-state index < -0.39 is 5.60 Å². The summed E-state index contributed by atoms with van der Waals surface area (Å²) in [6.45, 7) is 23.2. The van der Waals surface area contributed by atoms with E-state index in [1.165, 1.54) is 0 Å². The molecule has 0 fully saturated rings. The molecule has 0 aromatic carbocycles. The summed E-state index contributed by atoms with van der Waals surface area (Å²) in [5.74, 6) is 0.591. The van der Waals surface area contributed by atoms with E-state index in [1.54, 1.807) is 6.08 Å². The third-order valence-corrected chi connectivity index (χ3v) is 2.28. The van der Waals surface area contributed by atoms with Crippen molar-refractivity contribution in [1.29, 1.82) is 0 Å². The predicted octanol–water partition coefficient (Wildman–Crippen LogP) is 5.12. The van der Waals surface area contributed by atoms with Crippen molar-refractivity contribution in [2.45, 2.75) is 33.3 Å². The predicted molar refractivity (Wildman–Crippen MR) is 81.4 cm³/mol. The Labute approximate surface area is 112 Å². The topological polar surface area (TPSA) is 9.23 Å². The van der Waals surface area contributed by atoms with Crippen LogP contribution in [-0.4, -0.2) is 5.60 Å². The van der Waals surface area contributed by atoms with Crippen LogP contribution in [0.2, 0.25) is 0 Å². The molecule has 0 atom stereocenters. The van der Waals surface area contributed by atoms with Gasteiger partial charge in [0, 0.05) is 0 Å². The van der Waals surface area contributed by atoms with Gasteiger partial charge in [-0.3, -0.25) is 0 Å². The maximum atomic E-state index is 5.78. The molecule has 1 heteroatoms. The third kappa shape index (κ3) is 6.74. The lowest BCUT2D eigenvalue weighted by Crippen LogP contribution is -2.25. The normalized spacial score (nSPS) is 11.8. The largest absolute Gasteiger partial charge is 0.484 e. The quantitative estimate of drug-likeness (QED) is 0.446. The first kappa shape index (κ1) is 16.2. The van der Waals surface area contributed by atoms with E-state index in [0.717, 1.165) is 16.7 Å². The van der Waals surface area contributed by atoms with Crippen LogP contribution in [0, 0.1) is 0 Å². The van der Waals surface area contributed by atoms with E-state index in [1.807, 2.05) is 45.9 Å². The Bertz CT molecular complexity index is 417. The third-order valence-electron chi connectivity index (χ3n) is 2.28. The van der Waals surface area contributed by atoms with Gasteiger partial charge in [0.15, 0.2) is 0 Å². The van der Waals surface area contributed by atoms with E-state index in [0.29, 0.717) is 5.76 Å². The molecule has 0 N–H and O–H groups in total. The first-order valence-corrected chi connectivity index (χ1v) is 5.89. The van der Waals surface area contributed by atoms with Crippen LogP contribution < -0.4 is 0 Å². The van der Waals surface area contributed by atoms with Gasteiger partial charge >= 0.3 is 0 Å². The molecule has 0 rings (SSSR count). The molecule has 0 aromatic rings. The lowest BCUT2D eigenvalue weighted by atomic mass is 9.98. The van der Waals surface area contributed by atoms with Gasteiger partial charge in [0.05, 0.1) is 0 Å². The monoisotopic (exact) mass is 244 g/mol. The summed E-state index contributed by atoms with van der Waals surface area (Å²) in [6.07, 6.45) is 7.50. The van der Waals surface area contributed by atoms with Crippen LogP contribution in [0.1, 0.15) is 27.7 Å². The Hall–Kier alpha value is -1.76. The first-order valence-electron chi connectivity index (χ1n) is 5.89. The van der Waals surface area contributed by atoms with Gasteiger partial charge in [-0.1, -0.05) is 55.7 Å². The number of allylic oxidation sites excluding steroid dienone is 5. The number of hydrogen-bond acceptors (Lipinski definition) is 1. The van der Waals surface area contributed by atoms with Crippen LogP contribution in [0.15, 0.2) is 73.1 Å². The smallest absolute Gasteiger partial charge is 0.128 e. The van der Waals surface area contributed by atoms with E-state index in [9.17, 15) is 0 Å². The van der Waals surface area contributed by atoms with Gasteiger partial charge < -0.3 is 4.74 Å². The molecular weight excluding hydrogens is 220 g/mol. The molecule has 0 saturated heterocycles. The molecule has 0 bridgehead atoms. The molecule has 0 aliphatic rings. The second-order valence-electron chi connectivity index (χ2n) is 4.96. The van der Waals surface area contributed by atoms with E-state index in [2.05, 4.69) is 26.3 Å². The summed E-state index contributed by atoms with van der Waals surface area (Å²) < 4.78 is 5.78. The Kier molecular flexibility index (Phi) is 6.18. The van der Waals surface area contributed by atoms with Crippen LogP contribution in [0.25, 0.3) is 0 Å². The highest BCUT2D eigenvalue weighted by molar-refractivity contribution is 5.30. The Morgan fingerprint density at radius 2 is 1.28 bits per heavy atom. The number of ether oxygens (including phenoxy) is 1. The van der Waals surface area contributed by atoms with Crippen molar-refractivity contribution in [3.63, 3.8) is 0 Å². The van der Waals surface area contributed by atoms with Crippen molar-refractivity contribution in [1.82, 2.24) is 0 Å². The maximum Gasteiger partial charge on any atom is 0.128 e. The van der Waals surface area contributed by atoms with Crippen LogP contribution in [0.5, 0.6) is 0 Å². The van der Waals surface area contributed by atoms with Gasteiger partial charge in [0.25, 0.3) is 0 Å². The fraction of sp³-hybridized carbons (Fsp3) is 0.294. The second kappa shape index (κ2) is 6.85. The number of rotatable bonds is 7. The van der Waals surface area contributed by atoms with Crippen molar-refractivity contribution < 1.29 is 4.74 Å². The first-order chi connectivity index (χ1) is 8.15. The molecule has 0 amide bonds. The molecule has 0 aliphatic carbocycles. The van der Waals surface area contributed by atoms with Crippen LogP contribution in [0.4, 0.5) is 0 Å². The van der Waals surface area contributed by atoms with Crippen molar-refractivity contribution >= 4 is 0 Å². The maximum absolute atomic E-state index is 5.78. The highest BCUT2D eigenvalue weighted by atomic mass is 16.5. The Morgan fingerprint density at radius 1 is 0.833 bits per heavy atom. The standard InChI is InChI=1S/C17H24O/c1-13(2)9-11-15(5)17(7,8)18-16(6)12-10-14(3)4/h9-12H,1,3,5-6H2,2,4,7-8H3/b11-9-,12-10-. The zero-order valence-corrected chi connectivity index (χ0v) is 12.0. The van der Waals surface area contributed by atoms with Gasteiger partial charge in [0.1, 0.15) is 11.4 Å².